The van der Waals surface area contributed by atoms with Crippen molar-refractivity contribution in [3.63, 3.8) is 0 Å². The third kappa shape index (κ3) is 6.62. The summed E-state index contributed by atoms with van der Waals surface area (Å²) >= 11 is 0. The molecule has 0 bridgehead atoms. The van der Waals surface area contributed by atoms with Crippen LogP contribution in [-0.4, -0.2) is 54.0 Å². The van der Waals surface area contributed by atoms with Crippen molar-refractivity contribution in [3.05, 3.63) is 30.1 Å². The predicted molar refractivity (Wildman–Crippen MR) is 108 cm³/mol. The number of carbonyl (C=O) groups excluding carboxylic acids is 1. The second kappa shape index (κ2) is 11.2. The third-order valence-corrected chi connectivity index (χ3v) is 3.92. The minimum Gasteiger partial charge on any atom is -0.357 e. The standard InChI is InChI=1S/C17H27N5O.HI/c1-3-16(23)22-11-8-15(13-22)21-17(19-4-2)20-10-7-14-6-5-9-18-12-14;/h5-6,9,12,15H,3-4,7-8,10-11,13H2,1-2H3,(H2,19,20,21);1H. The Morgan fingerprint density at radius 2 is 2.29 bits per heavy atom. The van der Waals surface area contributed by atoms with E-state index in [0.717, 1.165) is 38.4 Å². The van der Waals surface area contributed by atoms with Crippen LogP contribution >= 0.6 is 24.0 Å². The number of guanidine groups is 1. The zero-order valence-electron chi connectivity index (χ0n) is 14.5. The van der Waals surface area contributed by atoms with Crippen LogP contribution in [0.2, 0.25) is 0 Å². The van der Waals surface area contributed by atoms with Crippen molar-refractivity contribution in [2.24, 2.45) is 4.99 Å². The largest absolute Gasteiger partial charge is 0.357 e. The summed E-state index contributed by atoms with van der Waals surface area (Å²) < 4.78 is 0. The van der Waals surface area contributed by atoms with Gasteiger partial charge in [0, 0.05) is 51.0 Å². The predicted octanol–water partition coefficient (Wildman–Crippen LogP) is 1.81. The van der Waals surface area contributed by atoms with E-state index in [9.17, 15) is 4.79 Å². The lowest BCUT2D eigenvalue weighted by Crippen LogP contribution is -2.45. The molecule has 1 aliphatic heterocycles. The number of hydrogen-bond donors (Lipinski definition) is 2. The van der Waals surface area contributed by atoms with E-state index in [1.165, 1.54) is 5.56 Å². The Morgan fingerprint density at radius 1 is 1.46 bits per heavy atom. The number of aromatic nitrogens is 1. The molecule has 2 N–H and O–H groups in total. The van der Waals surface area contributed by atoms with E-state index in [0.29, 0.717) is 13.0 Å². The Hall–Kier alpha value is -1.38. The van der Waals surface area contributed by atoms with Crippen molar-refractivity contribution in [3.8, 4) is 0 Å². The molecule has 134 valence electrons. The van der Waals surface area contributed by atoms with E-state index < -0.39 is 0 Å². The number of nitrogens with one attached hydrogen (secondary N) is 2. The van der Waals surface area contributed by atoms with Crippen molar-refractivity contribution in [1.82, 2.24) is 20.5 Å². The van der Waals surface area contributed by atoms with Gasteiger partial charge in [-0.3, -0.25) is 14.8 Å². The highest BCUT2D eigenvalue weighted by molar-refractivity contribution is 14.0. The molecular formula is C17H28IN5O. The highest BCUT2D eigenvalue weighted by atomic mass is 127. The van der Waals surface area contributed by atoms with Crippen LogP contribution in [0.4, 0.5) is 0 Å². The third-order valence-electron chi connectivity index (χ3n) is 3.92. The molecule has 1 saturated heterocycles. The number of hydrogen-bond acceptors (Lipinski definition) is 3. The summed E-state index contributed by atoms with van der Waals surface area (Å²) in [6.45, 7) is 7.10. The Labute approximate surface area is 161 Å². The molecule has 6 nitrogen and oxygen atoms in total. The van der Waals surface area contributed by atoms with Crippen molar-refractivity contribution >= 4 is 35.8 Å². The quantitative estimate of drug-likeness (QED) is 0.398. The van der Waals surface area contributed by atoms with Crippen molar-refractivity contribution in [1.29, 1.82) is 0 Å². The Morgan fingerprint density at radius 3 is 2.96 bits per heavy atom. The lowest BCUT2D eigenvalue weighted by molar-refractivity contribution is -0.129. The Bertz CT molecular complexity index is 523. The van der Waals surface area contributed by atoms with Crippen LogP contribution in [0.25, 0.3) is 0 Å². The van der Waals surface area contributed by atoms with Crippen LogP contribution in [0, 0.1) is 0 Å². The van der Waals surface area contributed by atoms with Gasteiger partial charge in [-0.25, -0.2) is 0 Å². The fraction of sp³-hybridized carbons (Fsp3) is 0.588. The summed E-state index contributed by atoms with van der Waals surface area (Å²) in [5.74, 6) is 1.06. The number of likely N-dealkylation sites (tertiary alicyclic amines) is 1. The Balaban J connectivity index is 0.00000288. The van der Waals surface area contributed by atoms with E-state index in [1.54, 1.807) is 6.20 Å². The fourth-order valence-corrected chi connectivity index (χ4v) is 2.68. The molecule has 1 atom stereocenters. The number of halogens is 1. The van der Waals surface area contributed by atoms with Crippen LogP contribution in [0.1, 0.15) is 32.3 Å². The zero-order chi connectivity index (χ0) is 16.5. The molecule has 1 aromatic rings. The topological polar surface area (TPSA) is 69.6 Å². The Kier molecular flexibility index (Phi) is 9.66. The molecule has 7 heteroatoms. The van der Waals surface area contributed by atoms with Gasteiger partial charge in [0.15, 0.2) is 5.96 Å². The van der Waals surface area contributed by atoms with Gasteiger partial charge in [0.2, 0.25) is 5.91 Å². The van der Waals surface area contributed by atoms with Gasteiger partial charge < -0.3 is 15.5 Å². The first-order valence-electron chi connectivity index (χ1n) is 8.44. The molecule has 1 unspecified atom stereocenters. The number of aliphatic imine (C=N–C) groups is 1. The summed E-state index contributed by atoms with van der Waals surface area (Å²) in [6, 6.07) is 4.29. The van der Waals surface area contributed by atoms with Gasteiger partial charge in [0.25, 0.3) is 0 Å². The SMILES string of the molecule is CCNC(=NCCc1cccnc1)NC1CCN(C(=O)CC)C1.I. The molecule has 1 aliphatic rings. The first kappa shape index (κ1) is 20.7. The molecule has 2 rings (SSSR count). The van der Waals surface area contributed by atoms with E-state index in [1.807, 2.05) is 24.1 Å². The molecule has 1 aromatic heterocycles. The van der Waals surface area contributed by atoms with Crippen molar-refractivity contribution < 1.29 is 4.79 Å². The molecule has 0 radical (unpaired) electrons. The average Bonchev–Trinajstić information content (AvgIpc) is 3.04. The highest BCUT2D eigenvalue weighted by Gasteiger charge is 2.25. The molecule has 1 amide bonds. The molecule has 1 fully saturated rings. The van der Waals surface area contributed by atoms with Crippen LogP contribution in [0.15, 0.2) is 29.5 Å². The summed E-state index contributed by atoms with van der Waals surface area (Å²) in [7, 11) is 0. The maximum absolute atomic E-state index is 11.7. The number of rotatable bonds is 6. The lowest BCUT2D eigenvalue weighted by Gasteiger charge is -2.18. The molecule has 0 spiro atoms. The normalized spacial score (nSPS) is 17.3. The second-order valence-electron chi connectivity index (χ2n) is 5.70. The maximum atomic E-state index is 11.7. The van der Waals surface area contributed by atoms with Crippen LogP contribution in [0.5, 0.6) is 0 Å². The summed E-state index contributed by atoms with van der Waals surface area (Å²) in [5.41, 5.74) is 1.19. The van der Waals surface area contributed by atoms with E-state index in [-0.39, 0.29) is 35.9 Å². The summed E-state index contributed by atoms with van der Waals surface area (Å²) in [4.78, 5) is 22.4. The maximum Gasteiger partial charge on any atom is 0.222 e. The van der Waals surface area contributed by atoms with Gasteiger partial charge in [0.05, 0.1) is 0 Å². The zero-order valence-corrected chi connectivity index (χ0v) is 16.8. The molecule has 0 aromatic carbocycles. The fourth-order valence-electron chi connectivity index (χ4n) is 2.68. The smallest absolute Gasteiger partial charge is 0.222 e. The van der Waals surface area contributed by atoms with Gasteiger partial charge in [-0.15, -0.1) is 24.0 Å². The average molecular weight is 445 g/mol. The first-order valence-corrected chi connectivity index (χ1v) is 8.44. The number of nitrogens with zero attached hydrogens (tertiary/aromatic N) is 3. The molecule has 0 saturated carbocycles. The molecule has 0 aliphatic carbocycles. The molecular weight excluding hydrogens is 417 g/mol. The first-order chi connectivity index (χ1) is 11.2. The van der Waals surface area contributed by atoms with Crippen LogP contribution in [0.3, 0.4) is 0 Å². The molecule has 2 heterocycles. The number of pyridine rings is 1. The minimum atomic E-state index is 0. The molecule has 24 heavy (non-hydrogen) atoms. The van der Waals surface area contributed by atoms with Crippen LogP contribution < -0.4 is 10.6 Å². The van der Waals surface area contributed by atoms with Crippen LogP contribution in [-0.2, 0) is 11.2 Å². The van der Waals surface area contributed by atoms with Gasteiger partial charge in [0.1, 0.15) is 0 Å². The van der Waals surface area contributed by atoms with Gasteiger partial charge >= 0.3 is 0 Å². The van der Waals surface area contributed by atoms with Gasteiger partial charge in [-0.1, -0.05) is 13.0 Å². The summed E-state index contributed by atoms with van der Waals surface area (Å²) in [5, 5.41) is 6.72. The number of amides is 1. The van der Waals surface area contributed by atoms with E-state index in [4.69, 9.17) is 0 Å². The number of carbonyl (C=O) groups is 1. The van der Waals surface area contributed by atoms with Gasteiger partial charge in [-0.2, -0.15) is 0 Å². The summed E-state index contributed by atoms with van der Waals surface area (Å²) in [6.07, 6.45) is 6.07. The van der Waals surface area contributed by atoms with E-state index >= 15 is 0 Å². The van der Waals surface area contributed by atoms with Crippen molar-refractivity contribution in [2.75, 3.05) is 26.2 Å². The van der Waals surface area contributed by atoms with Gasteiger partial charge in [-0.05, 0) is 31.4 Å². The minimum absolute atomic E-state index is 0. The van der Waals surface area contributed by atoms with Crippen molar-refractivity contribution in [2.45, 2.75) is 39.2 Å². The monoisotopic (exact) mass is 445 g/mol. The lowest BCUT2D eigenvalue weighted by atomic mass is 10.2. The second-order valence-corrected chi connectivity index (χ2v) is 5.70. The van der Waals surface area contributed by atoms with E-state index in [2.05, 4.69) is 33.6 Å². The highest BCUT2D eigenvalue weighted by Crippen LogP contribution is 2.10.